The Morgan fingerprint density at radius 1 is 1.03 bits per heavy atom. The second-order valence-corrected chi connectivity index (χ2v) is 7.88. The minimum Gasteiger partial charge on any atom is -0.457 e. The van der Waals surface area contributed by atoms with Crippen LogP contribution >= 0.6 is 0 Å². The summed E-state index contributed by atoms with van der Waals surface area (Å²) in [5, 5.41) is 0. The van der Waals surface area contributed by atoms with E-state index in [0.29, 0.717) is 36.7 Å². The molecule has 1 saturated heterocycles. The lowest BCUT2D eigenvalue weighted by Crippen LogP contribution is -2.42. The lowest BCUT2D eigenvalue weighted by molar-refractivity contribution is 0.0978. The van der Waals surface area contributed by atoms with E-state index in [1.54, 1.807) is 46.2 Å². The Bertz CT molecular complexity index is 1060. The highest BCUT2D eigenvalue weighted by Gasteiger charge is 2.26. The van der Waals surface area contributed by atoms with Crippen LogP contribution in [0.4, 0.5) is 10.1 Å². The Kier molecular flexibility index (Phi) is 6.80. The molecular formula is C26H24FN2O3. The van der Waals surface area contributed by atoms with Gasteiger partial charge >= 0.3 is 6.41 Å². The third kappa shape index (κ3) is 5.32. The highest BCUT2D eigenvalue weighted by Crippen LogP contribution is 2.26. The number of carbonyl (C=O) groups is 1. The second-order valence-electron chi connectivity index (χ2n) is 7.88. The summed E-state index contributed by atoms with van der Waals surface area (Å²) in [4.78, 5) is 28.1. The van der Waals surface area contributed by atoms with E-state index >= 15 is 0 Å². The summed E-state index contributed by atoms with van der Waals surface area (Å²) in [6.45, 7) is 1.81. The molecule has 32 heavy (non-hydrogen) atoms. The van der Waals surface area contributed by atoms with Crippen LogP contribution in [0.1, 0.15) is 23.2 Å². The highest BCUT2D eigenvalue weighted by atomic mass is 19.1. The number of anilines is 1. The molecule has 0 bridgehead atoms. The standard InChI is InChI=1S/C26H24FN2O3/c27-22-11-13-24(14-12-22)32-25-10-4-7-21(16-25)26(31)29(23-8-2-1-3-9-23)18-20-6-5-15-28(17-20)19-30/h1-4,7-14,16,20H,5-6,15,17-18H2. The number of hydrogen-bond acceptors (Lipinski definition) is 3. The molecular weight excluding hydrogens is 407 g/mol. The molecule has 1 radical (unpaired) electrons. The molecule has 1 atom stereocenters. The molecule has 2 amide bonds. The lowest BCUT2D eigenvalue weighted by atomic mass is 9.97. The summed E-state index contributed by atoms with van der Waals surface area (Å²) in [5.74, 6) is 0.674. The first kappa shape index (κ1) is 21.6. The molecule has 0 N–H and O–H groups in total. The fourth-order valence-electron chi connectivity index (χ4n) is 3.96. The van der Waals surface area contributed by atoms with Crippen molar-refractivity contribution in [3.05, 3.63) is 90.2 Å². The fraction of sp³-hybridized carbons (Fsp3) is 0.231. The van der Waals surface area contributed by atoms with Crippen molar-refractivity contribution in [1.82, 2.24) is 4.90 Å². The van der Waals surface area contributed by atoms with Gasteiger partial charge < -0.3 is 14.5 Å². The van der Waals surface area contributed by atoms with Crippen molar-refractivity contribution < 1.29 is 18.7 Å². The molecule has 1 unspecified atom stereocenters. The maximum atomic E-state index is 13.5. The van der Waals surface area contributed by atoms with Gasteiger partial charge in [0, 0.05) is 30.9 Å². The Morgan fingerprint density at radius 3 is 2.56 bits per heavy atom. The summed E-state index contributed by atoms with van der Waals surface area (Å²) in [7, 11) is 0. The Hall–Kier alpha value is -3.67. The van der Waals surface area contributed by atoms with Gasteiger partial charge in [0.15, 0.2) is 0 Å². The van der Waals surface area contributed by atoms with Crippen molar-refractivity contribution in [2.45, 2.75) is 12.8 Å². The number of para-hydroxylation sites is 1. The van der Waals surface area contributed by atoms with Gasteiger partial charge in [0.2, 0.25) is 0 Å². The number of ether oxygens (including phenoxy) is 1. The van der Waals surface area contributed by atoms with Crippen molar-refractivity contribution in [1.29, 1.82) is 0 Å². The molecule has 163 valence electrons. The molecule has 5 nitrogen and oxygen atoms in total. The van der Waals surface area contributed by atoms with Crippen LogP contribution in [0.2, 0.25) is 0 Å². The third-order valence-electron chi connectivity index (χ3n) is 5.53. The normalized spacial score (nSPS) is 15.8. The number of hydrogen-bond donors (Lipinski definition) is 0. The zero-order chi connectivity index (χ0) is 22.3. The molecule has 0 aromatic heterocycles. The van der Waals surface area contributed by atoms with Crippen LogP contribution in [0.5, 0.6) is 11.5 Å². The first-order chi connectivity index (χ1) is 15.6. The van der Waals surface area contributed by atoms with E-state index in [1.165, 1.54) is 12.1 Å². The van der Waals surface area contributed by atoms with E-state index in [-0.39, 0.29) is 17.6 Å². The second kappa shape index (κ2) is 10.1. The fourth-order valence-corrected chi connectivity index (χ4v) is 3.96. The van der Waals surface area contributed by atoms with E-state index in [9.17, 15) is 14.0 Å². The van der Waals surface area contributed by atoms with E-state index in [0.717, 1.165) is 18.5 Å². The van der Waals surface area contributed by atoms with Crippen LogP contribution in [0.25, 0.3) is 0 Å². The summed E-state index contributed by atoms with van der Waals surface area (Å²) in [6, 6.07) is 22.2. The number of rotatable bonds is 7. The Balaban J connectivity index is 1.56. The van der Waals surface area contributed by atoms with E-state index in [2.05, 4.69) is 0 Å². The van der Waals surface area contributed by atoms with Gasteiger partial charge in [-0.3, -0.25) is 9.59 Å². The van der Waals surface area contributed by atoms with Crippen LogP contribution in [0.3, 0.4) is 0 Å². The van der Waals surface area contributed by atoms with E-state index in [4.69, 9.17) is 4.74 Å². The average Bonchev–Trinajstić information content (AvgIpc) is 2.84. The molecule has 6 heteroatoms. The molecule has 3 aromatic rings. The Morgan fingerprint density at radius 2 is 1.81 bits per heavy atom. The predicted molar refractivity (Wildman–Crippen MR) is 121 cm³/mol. The van der Waals surface area contributed by atoms with Crippen molar-refractivity contribution >= 4 is 18.0 Å². The van der Waals surface area contributed by atoms with Crippen LogP contribution < -0.4 is 9.64 Å². The topological polar surface area (TPSA) is 49.9 Å². The predicted octanol–water partition coefficient (Wildman–Crippen LogP) is 5.04. The zero-order valence-electron chi connectivity index (χ0n) is 17.6. The van der Waals surface area contributed by atoms with Crippen LogP contribution in [-0.4, -0.2) is 36.9 Å². The van der Waals surface area contributed by atoms with Gasteiger partial charge in [-0.15, -0.1) is 0 Å². The molecule has 1 fully saturated rings. The van der Waals surface area contributed by atoms with E-state index < -0.39 is 0 Å². The van der Waals surface area contributed by atoms with Gasteiger partial charge in [-0.2, -0.15) is 0 Å². The highest BCUT2D eigenvalue weighted by molar-refractivity contribution is 6.06. The summed E-state index contributed by atoms with van der Waals surface area (Å²) < 4.78 is 19.0. The Labute approximate surface area is 187 Å². The zero-order valence-corrected chi connectivity index (χ0v) is 17.6. The van der Waals surface area contributed by atoms with Crippen molar-refractivity contribution in [2.75, 3.05) is 24.5 Å². The molecule has 1 aliphatic heterocycles. The number of halogens is 1. The summed E-state index contributed by atoms with van der Waals surface area (Å²) >= 11 is 0. The number of piperidine rings is 1. The summed E-state index contributed by atoms with van der Waals surface area (Å²) in [5.41, 5.74) is 1.29. The van der Waals surface area contributed by atoms with Gasteiger partial charge in [0.1, 0.15) is 17.3 Å². The molecule has 4 rings (SSSR count). The van der Waals surface area contributed by atoms with Crippen molar-refractivity contribution in [3.8, 4) is 11.5 Å². The summed E-state index contributed by atoms with van der Waals surface area (Å²) in [6.07, 6.45) is 3.83. The van der Waals surface area contributed by atoms with Gasteiger partial charge in [0.05, 0.1) is 0 Å². The monoisotopic (exact) mass is 431 g/mol. The SMILES string of the molecule is O=[C]N1CCCC(CN(C(=O)c2cccc(Oc3ccc(F)cc3)c2)c2ccccc2)C1. The minimum absolute atomic E-state index is 0.145. The molecule has 3 aromatic carbocycles. The number of nitrogens with zero attached hydrogens (tertiary/aromatic N) is 2. The quantitative estimate of drug-likeness (QED) is 0.526. The number of carbonyl (C=O) groups excluding carboxylic acids is 2. The minimum atomic E-state index is -0.340. The third-order valence-corrected chi connectivity index (χ3v) is 5.53. The maximum absolute atomic E-state index is 13.5. The molecule has 0 aliphatic carbocycles. The van der Waals surface area contributed by atoms with Crippen molar-refractivity contribution in [2.24, 2.45) is 5.92 Å². The van der Waals surface area contributed by atoms with E-state index in [1.807, 2.05) is 36.7 Å². The molecule has 1 aliphatic rings. The molecule has 0 saturated carbocycles. The number of benzene rings is 3. The first-order valence-electron chi connectivity index (χ1n) is 10.7. The maximum Gasteiger partial charge on any atom is 0.312 e. The lowest BCUT2D eigenvalue weighted by Gasteiger charge is -2.33. The molecule has 0 spiro atoms. The van der Waals surface area contributed by atoms with Gasteiger partial charge in [-0.25, -0.2) is 4.39 Å². The largest absolute Gasteiger partial charge is 0.457 e. The van der Waals surface area contributed by atoms with Gasteiger partial charge in [-0.05, 0) is 73.4 Å². The van der Waals surface area contributed by atoms with Gasteiger partial charge in [-0.1, -0.05) is 24.3 Å². The average molecular weight is 431 g/mol. The van der Waals surface area contributed by atoms with Gasteiger partial charge in [0.25, 0.3) is 5.91 Å². The number of amides is 2. The molecule has 1 heterocycles. The first-order valence-corrected chi connectivity index (χ1v) is 10.7. The van der Waals surface area contributed by atoms with Crippen LogP contribution in [0, 0.1) is 11.7 Å². The van der Waals surface area contributed by atoms with Crippen LogP contribution in [0.15, 0.2) is 78.9 Å². The smallest absolute Gasteiger partial charge is 0.312 e. The van der Waals surface area contributed by atoms with Crippen molar-refractivity contribution in [3.63, 3.8) is 0 Å². The van der Waals surface area contributed by atoms with Crippen LogP contribution in [-0.2, 0) is 4.79 Å². The number of likely N-dealkylation sites (tertiary alicyclic amines) is 1.